The quantitative estimate of drug-likeness (QED) is 0.863. The molecular weight excluding hydrogens is 251 g/mol. The van der Waals surface area contributed by atoms with Crippen molar-refractivity contribution in [1.29, 1.82) is 0 Å². The molecule has 94 valence electrons. The molecule has 0 aliphatic rings. The predicted octanol–water partition coefficient (Wildman–Crippen LogP) is 4.18. The summed E-state index contributed by atoms with van der Waals surface area (Å²) in [5.41, 5.74) is 3.43. The standard InChI is InChI=1S/C15H14ClFO/c1-9-3-5-12(10(2)7-9)15(18)13-6-4-11(17)8-14(13)16/h3-8,15,18H,1-2H3. The highest BCUT2D eigenvalue weighted by Gasteiger charge is 2.16. The molecule has 1 unspecified atom stereocenters. The van der Waals surface area contributed by atoms with E-state index in [0.717, 1.165) is 16.7 Å². The van der Waals surface area contributed by atoms with Crippen LogP contribution in [0.1, 0.15) is 28.4 Å². The van der Waals surface area contributed by atoms with Gasteiger partial charge >= 0.3 is 0 Å². The number of rotatable bonds is 2. The lowest BCUT2D eigenvalue weighted by atomic mass is 9.96. The molecule has 0 aliphatic carbocycles. The van der Waals surface area contributed by atoms with Gasteiger partial charge in [0.25, 0.3) is 0 Å². The van der Waals surface area contributed by atoms with E-state index in [2.05, 4.69) is 0 Å². The maximum Gasteiger partial charge on any atom is 0.124 e. The summed E-state index contributed by atoms with van der Waals surface area (Å²) in [6, 6.07) is 9.83. The third-order valence-electron chi connectivity index (χ3n) is 2.98. The molecule has 1 nitrogen and oxygen atoms in total. The summed E-state index contributed by atoms with van der Waals surface area (Å²) in [4.78, 5) is 0. The van der Waals surface area contributed by atoms with Crippen molar-refractivity contribution >= 4 is 11.6 Å². The molecule has 1 N–H and O–H groups in total. The van der Waals surface area contributed by atoms with Gasteiger partial charge in [-0.15, -0.1) is 0 Å². The van der Waals surface area contributed by atoms with Crippen LogP contribution in [0, 0.1) is 19.7 Å². The molecule has 2 aromatic carbocycles. The average molecular weight is 265 g/mol. The van der Waals surface area contributed by atoms with Gasteiger partial charge in [0.05, 0.1) is 0 Å². The summed E-state index contributed by atoms with van der Waals surface area (Å²) in [5, 5.41) is 10.6. The average Bonchev–Trinajstić information content (AvgIpc) is 2.28. The molecule has 0 aromatic heterocycles. The molecule has 18 heavy (non-hydrogen) atoms. The van der Waals surface area contributed by atoms with E-state index in [0.29, 0.717) is 5.56 Å². The molecule has 0 bridgehead atoms. The van der Waals surface area contributed by atoms with Crippen molar-refractivity contribution in [3.63, 3.8) is 0 Å². The van der Waals surface area contributed by atoms with Gasteiger partial charge in [-0.1, -0.05) is 41.4 Å². The summed E-state index contributed by atoms with van der Waals surface area (Å²) in [6.45, 7) is 3.93. The fraction of sp³-hybridized carbons (Fsp3) is 0.200. The number of aryl methyl sites for hydroxylation is 2. The van der Waals surface area contributed by atoms with Gasteiger partial charge in [0.1, 0.15) is 11.9 Å². The van der Waals surface area contributed by atoms with E-state index < -0.39 is 11.9 Å². The van der Waals surface area contributed by atoms with Gasteiger partial charge in [-0.3, -0.25) is 0 Å². The van der Waals surface area contributed by atoms with Crippen LogP contribution in [-0.4, -0.2) is 5.11 Å². The minimum atomic E-state index is -0.835. The molecule has 0 spiro atoms. The van der Waals surface area contributed by atoms with E-state index in [4.69, 9.17) is 11.6 Å². The van der Waals surface area contributed by atoms with Crippen LogP contribution in [0.5, 0.6) is 0 Å². The molecular formula is C15H14ClFO. The number of aliphatic hydroxyl groups is 1. The largest absolute Gasteiger partial charge is 0.384 e. The summed E-state index contributed by atoms with van der Waals surface area (Å²) in [6.07, 6.45) is -0.835. The lowest BCUT2D eigenvalue weighted by molar-refractivity contribution is 0.219. The van der Waals surface area contributed by atoms with Crippen molar-refractivity contribution < 1.29 is 9.50 Å². The molecule has 3 heteroatoms. The third kappa shape index (κ3) is 2.55. The van der Waals surface area contributed by atoms with Crippen molar-refractivity contribution in [1.82, 2.24) is 0 Å². The van der Waals surface area contributed by atoms with Gasteiger partial charge in [-0.25, -0.2) is 4.39 Å². The van der Waals surface area contributed by atoms with Crippen molar-refractivity contribution in [2.75, 3.05) is 0 Å². The highest BCUT2D eigenvalue weighted by molar-refractivity contribution is 6.31. The van der Waals surface area contributed by atoms with Crippen molar-refractivity contribution in [3.8, 4) is 0 Å². The second kappa shape index (κ2) is 5.09. The van der Waals surface area contributed by atoms with E-state index in [9.17, 15) is 9.50 Å². The summed E-state index contributed by atoms with van der Waals surface area (Å²) in [7, 11) is 0. The van der Waals surface area contributed by atoms with E-state index in [1.54, 1.807) is 0 Å². The first-order chi connectivity index (χ1) is 8.49. The van der Waals surface area contributed by atoms with E-state index >= 15 is 0 Å². The lowest BCUT2D eigenvalue weighted by Gasteiger charge is -2.16. The topological polar surface area (TPSA) is 20.2 Å². The number of halogens is 2. The summed E-state index contributed by atoms with van der Waals surface area (Å²) < 4.78 is 13.0. The fourth-order valence-corrected chi connectivity index (χ4v) is 2.29. The van der Waals surface area contributed by atoms with Crippen LogP contribution in [-0.2, 0) is 0 Å². The second-order valence-electron chi connectivity index (χ2n) is 4.43. The van der Waals surface area contributed by atoms with Crippen molar-refractivity contribution in [2.45, 2.75) is 20.0 Å². The minimum absolute atomic E-state index is 0.238. The third-order valence-corrected chi connectivity index (χ3v) is 3.30. The number of aliphatic hydroxyl groups excluding tert-OH is 1. The van der Waals surface area contributed by atoms with Gasteiger partial charge in [0, 0.05) is 10.6 Å². The Hall–Kier alpha value is -1.38. The Bertz CT molecular complexity index is 529. The maximum absolute atomic E-state index is 13.0. The molecule has 0 saturated carbocycles. The van der Waals surface area contributed by atoms with Crippen molar-refractivity contribution in [2.24, 2.45) is 0 Å². The zero-order valence-electron chi connectivity index (χ0n) is 10.2. The van der Waals surface area contributed by atoms with Gasteiger partial charge < -0.3 is 5.11 Å². The van der Waals surface area contributed by atoms with E-state index in [1.165, 1.54) is 18.2 Å². The molecule has 0 amide bonds. The van der Waals surface area contributed by atoms with Crippen LogP contribution in [0.3, 0.4) is 0 Å². The van der Waals surface area contributed by atoms with Gasteiger partial charge in [0.15, 0.2) is 0 Å². The highest BCUT2D eigenvalue weighted by Crippen LogP contribution is 2.30. The second-order valence-corrected chi connectivity index (χ2v) is 4.84. The first-order valence-electron chi connectivity index (χ1n) is 5.69. The Morgan fingerprint density at radius 2 is 1.72 bits per heavy atom. The SMILES string of the molecule is Cc1ccc(C(O)c2ccc(F)cc2Cl)c(C)c1. The fourth-order valence-electron chi connectivity index (χ4n) is 2.02. The van der Waals surface area contributed by atoms with Crippen LogP contribution in [0.25, 0.3) is 0 Å². The number of benzene rings is 2. The smallest absolute Gasteiger partial charge is 0.124 e. The monoisotopic (exact) mass is 264 g/mol. The molecule has 0 saturated heterocycles. The highest BCUT2D eigenvalue weighted by atomic mass is 35.5. The molecule has 0 heterocycles. The van der Waals surface area contributed by atoms with E-state index in [1.807, 2.05) is 32.0 Å². The van der Waals surface area contributed by atoms with Crippen LogP contribution in [0.2, 0.25) is 5.02 Å². The van der Waals surface area contributed by atoms with Crippen LogP contribution >= 0.6 is 11.6 Å². The Morgan fingerprint density at radius 3 is 2.33 bits per heavy atom. The molecule has 2 aromatic rings. The number of hydrogen-bond acceptors (Lipinski definition) is 1. The predicted molar refractivity (Wildman–Crippen MR) is 71.4 cm³/mol. The maximum atomic E-state index is 13.0. The van der Waals surface area contributed by atoms with E-state index in [-0.39, 0.29) is 5.02 Å². The minimum Gasteiger partial charge on any atom is -0.384 e. The first-order valence-corrected chi connectivity index (χ1v) is 6.07. The van der Waals surface area contributed by atoms with Crippen LogP contribution < -0.4 is 0 Å². The molecule has 0 radical (unpaired) electrons. The van der Waals surface area contributed by atoms with Gasteiger partial charge in [-0.2, -0.15) is 0 Å². The molecule has 2 rings (SSSR count). The Labute approximate surface area is 111 Å². The van der Waals surface area contributed by atoms with Gasteiger partial charge in [0.2, 0.25) is 0 Å². The van der Waals surface area contributed by atoms with Gasteiger partial charge in [-0.05, 0) is 37.1 Å². The first kappa shape index (κ1) is 13.1. The number of hydrogen-bond donors (Lipinski definition) is 1. The summed E-state index contributed by atoms with van der Waals surface area (Å²) >= 11 is 5.96. The zero-order chi connectivity index (χ0) is 13.3. The summed E-state index contributed by atoms with van der Waals surface area (Å²) in [5.74, 6) is -0.406. The molecule has 0 aliphatic heterocycles. The lowest BCUT2D eigenvalue weighted by Crippen LogP contribution is -2.03. The zero-order valence-corrected chi connectivity index (χ0v) is 11.0. The van der Waals surface area contributed by atoms with Crippen LogP contribution in [0.15, 0.2) is 36.4 Å². The Morgan fingerprint density at radius 1 is 1.06 bits per heavy atom. The van der Waals surface area contributed by atoms with Crippen LogP contribution in [0.4, 0.5) is 4.39 Å². The molecule has 1 atom stereocenters. The Kier molecular flexibility index (Phi) is 3.69. The van der Waals surface area contributed by atoms with Crippen molar-refractivity contribution in [3.05, 3.63) is 69.5 Å². The normalized spacial score (nSPS) is 12.5. The molecule has 0 fully saturated rings. The Balaban J connectivity index is 2.44.